The van der Waals surface area contributed by atoms with Crippen LogP contribution in [0.3, 0.4) is 0 Å². The highest BCUT2D eigenvalue weighted by atomic mass is 79.9. The molecule has 0 amide bonds. The molecule has 3 nitrogen and oxygen atoms in total. The van der Waals surface area contributed by atoms with Gasteiger partial charge in [0.2, 0.25) is 0 Å². The molecule has 0 aliphatic heterocycles. The van der Waals surface area contributed by atoms with E-state index in [9.17, 15) is 0 Å². The van der Waals surface area contributed by atoms with Crippen LogP contribution in [-0.2, 0) is 0 Å². The van der Waals surface area contributed by atoms with Crippen molar-refractivity contribution in [2.75, 3.05) is 0 Å². The topological polar surface area (TPSA) is 30.7 Å². The monoisotopic (exact) mass is 243 g/mol. The predicted octanol–water partition coefficient (Wildman–Crippen LogP) is 2.40. The molecular formula is C7H6BrN3S. The summed E-state index contributed by atoms with van der Waals surface area (Å²) in [5.74, 6) is 0. The fourth-order valence-electron chi connectivity index (χ4n) is 0.874. The molecular weight excluding hydrogens is 238 g/mol. The van der Waals surface area contributed by atoms with Crippen LogP contribution in [0.2, 0.25) is 0 Å². The van der Waals surface area contributed by atoms with E-state index in [0.717, 1.165) is 15.2 Å². The Morgan fingerprint density at radius 3 is 2.92 bits per heavy atom. The van der Waals surface area contributed by atoms with Crippen molar-refractivity contribution in [3.8, 4) is 5.00 Å². The van der Waals surface area contributed by atoms with Crippen LogP contribution in [0.1, 0.15) is 5.69 Å². The first-order chi connectivity index (χ1) is 5.77. The van der Waals surface area contributed by atoms with E-state index < -0.39 is 0 Å². The third kappa shape index (κ3) is 1.30. The number of rotatable bonds is 1. The van der Waals surface area contributed by atoms with Crippen molar-refractivity contribution < 1.29 is 0 Å². The van der Waals surface area contributed by atoms with Crippen LogP contribution in [0.5, 0.6) is 0 Å². The Balaban J connectivity index is 2.48. The van der Waals surface area contributed by atoms with E-state index in [1.54, 1.807) is 23.0 Å². The van der Waals surface area contributed by atoms with Gasteiger partial charge >= 0.3 is 0 Å². The quantitative estimate of drug-likeness (QED) is 0.771. The van der Waals surface area contributed by atoms with Gasteiger partial charge in [-0.2, -0.15) is 5.10 Å². The maximum Gasteiger partial charge on any atom is 0.137 e. The summed E-state index contributed by atoms with van der Waals surface area (Å²) in [7, 11) is 0. The Morgan fingerprint density at radius 1 is 1.58 bits per heavy atom. The SMILES string of the molecule is Cc1nn(-c2cncs2)cc1Br. The van der Waals surface area contributed by atoms with Gasteiger partial charge in [0, 0.05) is 6.20 Å². The second kappa shape index (κ2) is 2.99. The Labute approximate surface area is 82.2 Å². The summed E-state index contributed by atoms with van der Waals surface area (Å²) in [6.07, 6.45) is 3.73. The van der Waals surface area contributed by atoms with Gasteiger partial charge in [0.1, 0.15) is 5.00 Å². The lowest BCUT2D eigenvalue weighted by Crippen LogP contribution is -1.90. The zero-order chi connectivity index (χ0) is 8.55. The second-order valence-corrected chi connectivity index (χ2v) is 4.07. The predicted molar refractivity (Wildman–Crippen MR) is 51.7 cm³/mol. The molecule has 0 saturated carbocycles. The van der Waals surface area contributed by atoms with Gasteiger partial charge < -0.3 is 0 Å². The number of hydrogen-bond donors (Lipinski definition) is 0. The molecule has 0 unspecified atom stereocenters. The summed E-state index contributed by atoms with van der Waals surface area (Å²) in [4.78, 5) is 3.98. The molecule has 0 atom stereocenters. The maximum atomic E-state index is 4.29. The van der Waals surface area contributed by atoms with E-state index >= 15 is 0 Å². The van der Waals surface area contributed by atoms with Crippen LogP contribution < -0.4 is 0 Å². The largest absolute Gasteiger partial charge is 0.251 e. The third-order valence-electron chi connectivity index (χ3n) is 1.48. The Hall–Kier alpha value is -0.680. The minimum Gasteiger partial charge on any atom is -0.251 e. The molecule has 0 fully saturated rings. The second-order valence-electron chi connectivity index (χ2n) is 2.35. The standard InChI is InChI=1S/C7H6BrN3S/c1-5-6(8)3-11(10-5)7-2-9-4-12-7/h2-4H,1H3. The molecule has 62 valence electrons. The molecule has 2 aromatic heterocycles. The van der Waals surface area contributed by atoms with Crippen molar-refractivity contribution in [1.29, 1.82) is 0 Å². The zero-order valence-electron chi connectivity index (χ0n) is 6.36. The summed E-state index contributed by atoms with van der Waals surface area (Å²) in [5, 5.41) is 5.32. The fourth-order valence-corrected chi connectivity index (χ4v) is 1.70. The smallest absolute Gasteiger partial charge is 0.137 e. The van der Waals surface area contributed by atoms with Crippen molar-refractivity contribution >= 4 is 27.3 Å². The minimum absolute atomic E-state index is 0.989. The van der Waals surface area contributed by atoms with Gasteiger partial charge in [-0.1, -0.05) is 0 Å². The Kier molecular flexibility index (Phi) is 1.98. The Bertz CT molecular complexity index is 360. The molecule has 0 radical (unpaired) electrons. The molecule has 2 heterocycles. The highest BCUT2D eigenvalue weighted by Crippen LogP contribution is 2.18. The molecule has 2 rings (SSSR count). The van der Waals surface area contributed by atoms with Crippen LogP contribution in [0.25, 0.3) is 5.00 Å². The minimum atomic E-state index is 0.989. The third-order valence-corrected chi connectivity index (χ3v) is 3.02. The first-order valence-electron chi connectivity index (χ1n) is 3.38. The highest BCUT2D eigenvalue weighted by Gasteiger charge is 2.03. The fraction of sp³-hybridized carbons (Fsp3) is 0.143. The van der Waals surface area contributed by atoms with Crippen molar-refractivity contribution in [3.63, 3.8) is 0 Å². The van der Waals surface area contributed by atoms with E-state index in [1.165, 1.54) is 0 Å². The number of aromatic nitrogens is 3. The van der Waals surface area contributed by atoms with Crippen LogP contribution >= 0.6 is 27.3 Å². The normalized spacial score (nSPS) is 10.5. The summed E-state index contributed by atoms with van der Waals surface area (Å²) < 4.78 is 2.84. The lowest BCUT2D eigenvalue weighted by molar-refractivity contribution is 0.875. The molecule has 0 aromatic carbocycles. The molecule has 0 spiro atoms. The summed E-state index contributed by atoms with van der Waals surface area (Å²) in [6.45, 7) is 1.96. The van der Waals surface area contributed by atoms with Crippen molar-refractivity contribution in [1.82, 2.24) is 14.8 Å². The van der Waals surface area contributed by atoms with Gasteiger partial charge in [-0.3, -0.25) is 4.98 Å². The van der Waals surface area contributed by atoms with Gasteiger partial charge in [-0.05, 0) is 22.9 Å². The molecule has 0 saturated heterocycles. The molecule has 0 aliphatic rings. The summed E-state index contributed by atoms with van der Waals surface area (Å²) in [6, 6.07) is 0. The van der Waals surface area contributed by atoms with E-state index in [-0.39, 0.29) is 0 Å². The average molecular weight is 244 g/mol. The van der Waals surface area contributed by atoms with E-state index in [2.05, 4.69) is 26.0 Å². The number of hydrogen-bond acceptors (Lipinski definition) is 3. The number of thiazole rings is 1. The zero-order valence-corrected chi connectivity index (χ0v) is 8.76. The maximum absolute atomic E-state index is 4.29. The van der Waals surface area contributed by atoms with Crippen LogP contribution in [0.4, 0.5) is 0 Å². The van der Waals surface area contributed by atoms with Gasteiger partial charge in [-0.25, -0.2) is 4.68 Å². The molecule has 0 bridgehead atoms. The van der Waals surface area contributed by atoms with Gasteiger partial charge in [0.25, 0.3) is 0 Å². The molecule has 2 aromatic rings. The number of nitrogens with zero attached hydrogens (tertiary/aromatic N) is 3. The summed E-state index contributed by atoms with van der Waals surface area (Å²) in [5.41, 5.74) is 2.78. The van der Waals surface area contributed by atoms with Crippen molar-refractivity contribution in [2.24, 2.45) is 0 Å². The van der Waals surface area contributed by atoms with Gasteiger partial charge in [0.05, 0.1) is 21.9 Å². The van der Waals surface area contributed by atoms with Crippen LogP contribution in [0, 0.1) is 6.92 Å². The molecule has 12 heavy (non-hydrogen) atoms. The van der Waals surface area contributed by atoms with E-state index in [0.29, 0.717) is 0 Å². The Morgan fingerprint density at radius 2 is 2.42 bits per heavy atom. The highest BCUT2D eigenvalue weighted by molar-refractivity contribution is 9.10. The lowest BCUT2D eigenvalue weighted by atomic mass is 10.5. The molecule has 0 N–H and O–H groups in total. The average Bonchev–Trinajstić information content (AvgIpc) is 2.61. The van der Waals surface area contributed by atoms with Crippen molar-refractivity contribution in [3.05, 3.63) is 28.1 Å². The van der Waals surface area contributed by atoms with E-state index in [1.807, 2.05) is 17.8 Å². The van der Waals surface area contributed by atoms with Crippen LogP contribution in [0.15, 0.2) is 22.4 Å². The molecule has 5 heteroatoms. The number of aryl methyl sites for hydroxylation is 1. The first-order valence-corrected chi connectivity index (χ1v) is 5.05. The van der Waals surface area contributed by atoms with Crippen LogP contribution in [-0.4, -0.2) is 14.8 Å². The first kappa shape index (κ1) is 7.94. The van der Waals surface area contributed by atoms with Crippen molar-refractivity contribution in [2.45, 2.75) is 6.92 Å². The van der Waals surface area contributed by atoms with Gasteiger partial charge in [-0.15, -0.1) is 11.3 Å². The van der Waals surface area contributed by atoms with E-state index in [4.69, 9.17) is 0 Å². The summed E-state index contributed by atoms with van der Waals surface area (Å²) >= 11 is 4.97. The number of halogens is 1. The lowest BCUT2D eigenvalue weighted by Gasteiger charge is -1.91. The van der Waals surface area contributed by atoms with Gasteiger partial charge in [0.15, 0.2) is 0 Å². The molecule has 0 aliphatic carbocycles.